The monoisotopic (exact) mass is 306 g/mol. The molecule has 1 aromatic heterocycles. The first kappa shape index (κ1) is 14.6. The predicted molar refractivity (Wildman–Crippen MR) is 83.4 cm³/mol. The van der Waals surface area contributed by atoms with Crippen molar-refractivity contribution in [1.82, 2.24) is 9.80 Å². The molecule has 1 aromatic rings. The highest BCUT2D eigenvalue weighted by Gasteiger charge is 2.37. The molecule has 0 N–H and O–H groups in total. The Labute approximate surface area is 129 Å². The summed E-state index contributed by atoms with van der Waals surface area (Å²) in [5, 5.41) is 1.91. The Hall–Kier alpha value is -1.36. The van der Waals surface area contributed by atoms with Gasteiger partial charge in [-0.15, -0.1) is 11.3 Å². The van der Waals surface area contributed by atoms with Crippen LogP contribution >= 0.6 is 11.3 Å². The van der Waals surface area contributed by atoms with E-state index in [0.29, 0.717) is 12.5 Å². The molecule has 2 heterocycles. The van der Waals surface area contributed by atoms with E-state index in [2.05, 4.69) is 0 Å². The van der Waals surface area contributed by atoms with Gasteiger partial charge in [-0.05, 0) is 43.0 Å². The van der Waals surface area contributed by atoms with E-state index in [4.69, 9.17) is 0 Å². The maximum absolute atomic E-state index is 12.6. The molecule has 114 valence electrons. The summed E-state index contributed by atoms with van der Waals surface area (Å²) < 4.78 is 0. The molecule has 21 heavy (non-hydrogen) atoms. The van der Waals surface area contributed by atoms with Crippen molar-refractivity contribution >= 4 is 23.2 Å². The van der Waals surface area contributed by atoms with Crippen molar-refractivity contribution in [2.24, 2.45) is 5.92 Å². The fraction of sp³-hybridized carbons (Fsp3) is 0.625. The van der Waals surface area contributed by atoms with Gasteiger partial charge in [-0.3, -0.25) is 9.59 Å². The molecular weight excluding hydrogens is 284 g/mol. The molecular formula is C16H22N2O2S. The lowest BCUT2D eigenvalue weighted by Gasteiger charge is -2.33. The van der Waals surface area contributed by atoms with Crippen LogP contribution in [-0.4, -0.2) is 47.8 Å². The Morgan fingerprint density at radius 1 is 1.33 bits per heavy atom. The number of carbonyl (C=O) groups excluding carboxylic acids is 2. The Morgan fingerprint density at radius 3 is 2.76 bits per heavy atom. The van der Waals surface area contributed by atoms with Crippen molar-refractivity contribution in [3.05, 3.63) is 22.4 Å². The van der Waals surface area contributed by atoms with Crippen LogP contribution in [0, 0.1) is 5.92 Å². The lowest BCUT2D eigenvalue weighted by molar-refractivity contribution is -0.134. The molecule has 2 amide bonds. The number of likely N-dealkylation sites (tertiary alicyclic amines) is 1. The molecule has 0 spiro atoms. The maximum Gasteiger partial charge on any atom is 0.264 e. The molecule has 2 aliphatic rings. The lowest BCUT2D eigenvalue weighted by atomic mass is 9.85. The van der Waals surface area contributed by atoms with Gasteiger partial charge in [0.05, 0.1) is 4.88 Å². The topological polar surface area (TPSA) is 40.6 Å². The van der Waals surface area contributed by atoms with Gasteiger partial charge in [0.2, 0.25) is 5.91 Å². The van der Waals surface area contributed by atoms with E-state index in [-0.39, 0.29) is 17.9 Å². The average molecular weight is 306 g/mol. The van der Waals surface area contributed by atoms with Gasteiger partial charge < -0.3 is 9.80 Å². The number of carbonyl (C=O) groups is 2. The van der Waals surface area contributed by atoms with E-state index in [0.717, 1.165) is 24.3 Å². The first-order valence-corrected chi connectivity index (χ1v) is 8.64. The van der Waals surface area contributed by atoms with E-state index >= 15 is 0 Å². The van der Waals surface area contributed by atoms with Crippen LogP contribution in [0.3, 0.4) is 0 Å². The summed E-state index contributed by atoms with van der Waals surface area (Å²) in [5.41, 5.74) is 0. The third kappa shape index (κ3) is 2.98. The van der Waals surface area contributed by atoms with Crippen molar-refractivity contribution in [2.45, 2.75) is 38.1 Å². The van der Waals surface area contributed by atoms with Gasteiger partial charge >= 0.3 is 0 Å². The Morgan fingerprint density at radius 2 is 2.14 bits per heavy atom. The van der Waals surface area contributed by atoms with Crippen molar-refractivity contribution in [3.8, 4) is 0 Å². The normalized spacial score (nSPS) is 22.1. The van der Waals surface area contributed by atoms with Gasteiger partial charge in [0.1, 0.15) is 6.04 Å². The summed E-state index contributed by atoms with van der Waals surface area (Å²) in [6, 6.07) is 3.46. The van der Waals surface area contributed by atoms with Gasteiger partial charge in [-0.25, -0.2) is 0 Å². The van der Waals surface area contributed by atoms with Crippen LogP contribution in [0.15, 0.2) is 17.5 Å². The van der Waals surface area contributed by atoms with E-state index in [1.165, 1.54) is 30.6 Å². The van der Waals surface area contributed by atoms with Crippen LogP contribution in [0.1, 0.15) is 41.8 Å². The quantitative estimate of drug-likeness (QED) is 0.858. The van der Waals surface area contributed by atoms with Crippen LogP contribution in [0.4, 0.5) is 0 Å². The van der Waals surface area contributed by atoms with Gasteiger partial charge in [-0.1, -0.05) is 12.5 Å². The van der Waals surface area contributed by atoms with Crippen LogP contribution < -0.4 is 0 Å². The van der Waals surface area contributed by atoms with E-state index < -0.39 is 0 Å². The smallest absolute Gasteiger partial charge is 0.264 e. The number of nitrogens with zero attached hydrogens (tertiary/aromatic N) is 2. The SMILES string of the molecule is CN(CC1CCC1)C(=O)[C@@H]1CCCN1C(=O)c1cccs1. The number of hydrogen-bond donors (Lipinski definition) is 0. The highest BCUT2D eigenvalue weighted by molar-refractivity contribution is 7.12. The maximum atomic E-state index is 12.6. The van der Waals surface area contributed by atoms with Crippen molar-refractivity contribution in [2.75, 3.05) is 20.1 Å². The molecule has 1 aliphatic carbocycles. The number of rotatable bonds is 4. The minimum atomic E-state index is -0.260. The predicted octanol–water partition coefficient (Wildman–Crippen LogP) is 2.61. The Kier molecular flexibility index (Phi) is 4.29. The zero-order valence-electron chi connectivity index (χ0n) is 12.5. The minimum absolute atomic E-state index is 0.0119. The van der Waals surface area contributed by atoms with Gasteiger partial charge in [0.25, 0.3) is 5.91 Å². The standard InChI is InChI=1S/C16H22N2O2S/c1-17(11-12-5-2-6-12)15(19)13-7-3-9-18(13)16(20)14-8-4-10-21-14/h4,8,10,12-13H,2-3,5-7,9,11H2,1H3/t13-/m0/s1. The molecule has 3 rings (SSSR count). The average Bonchev–Trinajstić information content (AvgIpc) is 3.11. The molecule has 1 saturated heterocycles. The van der Waals surface area contributed by atoms with Gasteiger partial charge in [0.15, 0.2) is 0 Å². The minimum Gasteiger partial charge on any atom is -0.344 e. The van der Waals surface area contributed by atoms with Crippen LogP contribution in [0.5, 0.6) is 0 Å². The summed E-state index contributed by atoms with van der Waals surface area (Å²) in [7, 11) is 1.88. The summed E-state index contributed by atoms with van der Waals surface area (Å²) in [5.74, 6) is 0.795. The Bertz CT molecular complexity index is 510. The molecule has 1 saturated carbocycles. The first-order valence-electron chi connectivity index (χ1n) is 7.76. The van der Waals surface area contributed by atoms with Crippen LogP contribution in [0.25, 0.3) is 0 Å². The summed E-state index contributed by atoms with van der Waals surface area (Å²) in [6.07, 6.45) is 5.48. The third-order valence-corrected chi connectivity index (χ3v) is 5.52. The van der Waals surface area contributed by atoms with Crippen molar-refractivity contribution in [3.63, 3.8) is 0 Å². The zero-order valence-corrected chi connectivity index (χ0v) is 13.3. The Balaban J connectivity index is 1.65. The first-order chi connectivity index (χ1) is 10.2. The molecule has 1 aliphatic heterocycles. The fourth-order valence-corrected chi connectivity index (χ4v) is 3.89. The van der Waals surface area contributed by atoms with Crippen LogP contribution in [-0.2, 0) is 4.79 Å². The summed E-state index contributed by atoms with van der Waals surface area (Å²) in [4.78, 5) is 29.5. The molecule has 0 radical (unpaired) electrons. The lowest BCUT2D eigenvalue weighted by Crippen LogP contribution is -2.47. The molecule has 4 nitrogen and oxygen atoms in total. The van der Waals surface area contributed by atoms with E-state index in [9.17, 15) is 9.59 Å². The third-order valence-electron chi connectivity index (χ3n) is 4.66. The zero-order chi connectivity index (χ0) is 14.8. The second-order valence-electron chi connectivity index (χ2n) is 6.15. The number of likely N-dealkylation sites (N-methyl/N-ethyl adjacent to an activating group) is 1. The summed E-state index contributed by atoms with van der Waals surface area (Å²) >= 11 is 1.45. The molecule has 5 heteroatoms. The number of amides is 2. The number of thiophene rings is 1. The molecule has 0 unspecified atom stereocenters. The molecule has 2 fully saturated rings. The van der Waals surface area contributed by atoms with Crippen molar-refractivity contribution < 1.29 is 9.59 Å². The fourth-order valence-electron chi connectivity index (χ4n) is 3.22. The second-order valence-corrected chi connectivity index (χ2v) is 7.10. The van der Waals surface area contributed by atoms with Crippen molar-refractivity contribution in [1.29, 1.82) is 0 Å². The largest absolute Gasteiger partial charge is 0.344 e. The molecule has 0 aromatic carbocycles. The highest BCUT2D eigenvalue weighted by Crippen LogP contribution is 2.28. The van der Waals surface area contributed by atoms with Crippen LogP contribution in [0.2, 0.25) is 0 Å². The van der Waals surface area contributed by atoms with E-state index in [1.807, 2.05) is 29.5 Å². The second kappa shape index (κ2) is 6.18. The van der Waals surface area contributed by atoms with Gasteiger partial charge in [-0.2, -0.15) is 0 Å². The summed E-state index contributed by atoms with van der Waals surface area (Å²) in [6.45, 7) is 1.54. The molecule has 0 bridgehead atoms. The number of hydrogen-bond acceptors (Lipinski definition) is 3. The van der Waals surface area contributed by atoms with E-state index in [1.54, 1.807) is 4.90 Å². The molecule has 1 atom stereocenters. The highest BCUT2D eigenvalue weighted by atomic mass is 32.1. The van der Waals surface area contributed by atoms with Gasteiger partial charge in [0, 0.05) is 20.1 Å².